The van der Waals surface area contributed by atoms with Crippen LogP contribution in [0.15, 0.2) is 41.5 Å². The molecule has 0 amide bonds. The molecule has 0 saturated heterocycles. The zero-order valence-electron chi connectivity index (χ0n) is 9.97. The van der Waals surface area contributed by atoms with E-state index in [1.54, 1.807) is 24.5 Å². The van der Waals surface area contributed by atoms with Crippen molar-refractivity contribution in [2.75, 3.05) is 0 Å². The first-order valence-corrected chi connectivity index (χ1v) is 5.73. The molecule has 3 rings (SSSR count). The molecule has 3 aromatic rings. The van der Waals surface area contributed by atoms with Crippen molar-refractivity contribution < 1.29 is 5.11 Å². The third-order valence-corrected chi connectivity index (χ3v) is 2.70. The summed E-state index contributed by atoms with van der Waals surface area (Å²) in [5.41, 5.74) is 1.54. The summed E-state index contributed by atoms with van der Waals surface area (Å²) in [5.74, 6) is 0. The van der Waals surface area contributed by atoms with Gasteiger partial charge in [-0.2, -0.15) is 0 Å². The van der Waals surface area contributed by atoms with Crippen LogP contribution in [0.5, 0.6) is 0 Å². The molecule has 7 heteroatoms. The van der Waals surface area contributed by atoms with Crippen LogP contribution < -0.4 is 5.56 Å². The molecule has 0 saturated carbocycles. The number of fused-ring (bicyclic) bond motifs is 1. The average Bonchev–Trinajstić information content (AvgIpc) is 2.86. The molecule has 0 spiro atoms. The van der Waals surface area contributed by atoms with Gasteiger partial charge in [0.25, 0.3) is 5.56 Å². The lowest BCUT2D eigenvalue weighted by atomic mass is 10.3. The molecule has 0 unspecified atom stereocenters. The van der Waals surface area contributed by atoms with Crippen molar-refractivity contribution in [2.24, 2.45) is 0 Å². The van der Waals surface area contributed by atoms with Crippen LogP contribution in [-0.4, -0.2) is 29.5 Å². The number of aliphatic hydroxyl groups is 1. The maximum absolute atomic E-state index is 11.9. The van der Waals surface area contributed by atoms with Crippen LogP contribution in [0, 0.1) is 0 Å². The van der Waals surface area contributed by atoms with Crippen molar-refractivity contribution in [2.45, 2.75) is 13.2 Å². The summed E-state index contributed by atoms with van der Waals surface area (Å²) in [7, 11) is 0. The standard InChI is InChI=1S/C12H11N5O2/c18-8-10-7-16(15-14-10)6-9-5-12(19)17-4-2-1-3-11(17)13-9/h1-5,7,18H,6,8H2. The van der Waals surface area contributed by atoms with Gasteiger partial charge in [-0.1, -0.05) is 11.3 Å². The Morgan fingerprint density at radius 3 is 2.95 bits per heavy atom. The Morgan fingerprint density at radius 2 is 2.16 bits per heavy atom. The second kappa shape index (κ2) is 4.62. The van der Waals surface area contributed by atoms with Gasteiger partial charge in [0, 0.05) is 12.3 Å². The minimum atomic E-state index is -0.159. The number of aliphatic hydroxyl groups excluding tert-OH is 1. The molecule has 0 aliphatic heterocycles. The normalized spacial score (nSPS) is 11.0. The van der Waals surface area contributed by atoms with Crippen LogP contribution in [-0.2, 0) is 13.2 Å². The quantitative estimate of drug-likeness (QED) is 0.704. The Bertz CT molecular complexity index is 777. The molecular formula is C12H11N5O2. The summed E-state index contributed by atoms with van der Waals surface area (Å²) >= 11 is 0. The minimum absolute atomic E-state index is 0.136. The Morgan fingerprint density at radius 1 is 1.26 bits per heavy atom. The van der Waals surface area contributed by atoms with Crippen molar-refractivity contribution in [3.05, 3.63) is 58.4 Å². The minimum Gasteiger partial charge on any atom is -0.390 e. The molecule has 0 aliphatic carbocycles. The molecule has 0 aromatic carbocycles. The average molecular weight is 257 g/mol. The van der Waals surface area contributed by atoms with Crippen LogP contribution >= 0.6 is 0 Å². The number of pyridine rings is 1. The predicted octanol–water partition coefficient (Wildman–Crippen LogP) is -0.173. The highest BCUT2D eigenvalue weighted by atomic mass is 16.3. The van der Waals surface area contributed by atoms with Crippen LogP contribution in [0.1, 0.15) is 11.4 Å². The van der Waals surface area contributed by atoms with Gasteiger partial charge in [-0.25, -0.2) is 9.67 Å². The third kappa shape index (κ3) is 2.23. The number of hydrogen-bond donors (Lipinski definition) is 1. The van der Waals surface area contributed by atoms with Crippen molar-refractivity contribution in [3.63, 3.8) is 0 Å². The molecule has 0 bridgehead atoms. The molecule has 0 radical (unpaired) electrons. The fourth-order valence-electron chi connectivity index (χ4n) is 1.84. The van der Waals surface area contributed by atoms with Crippen LogP contribution in [0.3, 0.4) is 0 Å². The van der Waals surface area contributed by atoms with Crippen LogP contribution in [0.4, 0.5) is 0 Å². The molecule has 7 nitrogen and oxygen atoms in total. The number of rotatable bonds is 3. The highest BCUT2D eigenvalue weighted by Gasteiger charge is 2.04. The Hall–Kier alpha value is -2.54. The zero-order valence-corrected chi connectivity index (χ0v) is 9.97. The molecule has 0 aliphatic rings. The fourth-order valence-corrected chi connectivity index (χ4v) is 1.84. The van der Waals surface area contributed by atoms with Gasteiger partial charge in [0.2, 0.25) is 0 Å². The van der Waals surface area contributed by atoms with E-state index in [0.717, 1.165) is 0 Å². The second-order valence-corrected chi connectivity index (χ2v) is 4.08. The fraction of sp³-hybridized carbons (Fsp3) is 0.167. The van der Waals surface area contributed by atoms with Gasteiger partial charge in [0.15, 0.2) is 0 Å². The van der Waals surface area contributed by atoms with Gasteiger partial charge in [-0.05, 0) is 12.1 Å². The topological polar surface area (TPSA) is 85.3 Å². The summed E-state index contributed by atoms with van der Waals surface area (Å²) < 4.78 is 3.01. The molecule has 0 atom stereocenters. The summed E-state index contributed by atoms with van der Waals surface area (Å²) in [6.45, 7) is 0.182. The number of nitrogens with zero attached hydrogens (tertiary/aromatic N) is 5. The van der Waals surface area contributed by atoms with E-state index < -0.39 is 0 Å². The lowest BCUT2D eigenvalue weighted by Gasteiger charge is -2.03. The van der Waals surface area contributed by atoms with E-state index in [1.165, 1.54) is 15.1 Å². The smallest absolute Gasteiger partial charge is 0.258 e. The summed E-state index contributed by atoms with van der Waals surface area (Å²) in [6.07, 6.45) is 3.29. The third-order valence-electron chi connectivity index (χ3n) is 2.70. The molecule has 1 N–H and O–H groups in total. The van der Waals surface area contributed by atoms with E-state index in [1.807, 2.05) is 6.07 Å². The van der Waals surface area contributed by atoms with E-state index in [4.69, 9.17) is 5.11 Å². The lowest BCUT2D eigenvalue weighted by Crippen LogP contribution is -2.16. The lowest BCUT2D eigenvalue weighted by molar-refractivity contribution is 0.276. The van der Waals surface area contributed by atoms with Gasteiger partial charge in [-0.15, -0.1) is 5.10 Å². The molecule has 3 heterocycles. The van der Waals surface area contributed by atoms with Crippen LogP contribution in [0.25, 0.3) is 5.65 Å². The molecule has 3 aromatic heterocycles. The summed E-state index contributed by atoms with van der Waals surface area (Å²) in [4.78, 5) is 16.3. The second-order valence-electron chi connectivity index (χ2n) is 4.08. The highest BCUT2D eigenvalue weighted by molar-refractivity contribution is 5.37. The van der Waals surface area contributed by atoms with Crippen molar-refractivity contribution in [1.82, 2.24) is 24.4 Å². The maximum Gasteiger partial charge on any atom is 0.258 e. The molecule has 96 valence electrons. The van der Waals surface area contributed by atoms with Gasteiger partial charge < -0.3 is 5.11 Å². The Kier molecular flexibility index (Phi) is 2.81. The maximum atomic E-state index is 11.9. The first-order valence-electron chi connectivity index (χ1n) is 5.73. The monoisotopic (exact) mass is 257 g/mol. The van der Waals surface area contributed by atoms with E-state index in [9.17, 15) is 4.79 Å². The van der Waals surface area contributed by atoms with Crippen LogP contribution in [0.2, 0.25) is 0 Å². The molecule has 0 fully saturated rings. The SMILES string of the molecule is O=c1cc(Cn2cc(CO)nn2)nc2ccccn12. The van der Waals surface area contributed by atoms with E-state index in [0.29, 0.717) is 23.6 Å². The summed E-state index contributed by atoms with van der Waals surface area (Å²) in [5, 5.41) is 16.5. The Labute approximate surface area is 107 Å². The first-order chi connectivity index (χ1) is 9.26. The van der Waals surface area contributed by atoms with Crippen molar-refractivity contribution in [1.29, 1.82) is 0 Å². The highest BCUT2D eigenvalue weighted by Crippen LogP contribution is 2.01. The first kappa shape index (κ1) is 11.5. The van der Waals surface area contributed by atoms with E-state index in [-0.39, 0.29) is 12.2 Å². The van der Waals surface area contributed by atoms with Gasteiger partial charge in [-0.3, -0.25) is 9.20 Å². The summed E-state index contributed by atoms with van der Waals surface area (Å²) in [6, 6.07) is 6.84. The number of aromatic nitrogens is 5. The number of hydrogen-bond acceptors (Lipinski definition) is 5. The largest absolute Gasteiger partial charge is 0.390 e. The van der Waals surface area contributed by atoms with E-state index >= 15 is 0 Å². The van der Waals surface area contributed by atoms with Gasteiger partial charge in [0.05, 0.1) is 25.0 Å². The van der Waals surface area contributed by atoms with Gasteiger partial charge >= 0.3 is 0 Å². The van der Waals surface area contributed by atoms with Gasteiger partial charge in [0.1, 0.15) is 11.3 Å². The van der Waals surface area contributed by atoms with Crippen molar-refractivity contribution >= 4 is 5.65 Å². The molecule has 19 heavy (non-hydrogen) atoms. The van der Waals surface area contributed by atoms with E-state index in [2.05, 4.69) is 15.3 Å². The molecular weight excluding hydrogens is 246 g/mol. The Balaban J connectivity index is 1.99. The predicted molar refractivity (Wildman–Crippen MR) is 66.5 cm³/mol. The van der Waals surface area contributed by atoms with Crippen molar-refractivity contribution in [3.8, 4) is 0 Å². The zero-order chi connectivity index (χ0) is 13.2.